The minimum absolute atomic E-state index is 0.105. The lowest BCUT2D eigenvalue weighted by Gasteiger charge is -2.30. The molecule has 1 aromatic carbocycles. The molecule has 1 atom stereocenters. The molecule has 2 aliphatic rings. The summed E-state index contributed by atoms with van der Waals surface area (Å²) in [6.07, 6.45) is 17.6. The Morgan fingerprint density at radius 3 is 2.82 bits per heavy atom. The molecule has 1 aliphatic carbocycles. The van der Waals surface area contributed by atoms with E-state index in [2.05, 4.69) is 60.9 Å². The fraction of sp³-hybridized carbons (Fsp3) is 0.267. The third kappa shape index (κ3) is 6.45. The minimum atomic E-state index is -0.105. The van der Waals surface area contributed by atoms with E-state index in [-0.39, 0.29) is 5.91 Å². The highest BCUT2D eigenvalue weighted by molar-refractivity contribution is 6.06. The number of carbonyl (C=O) groups is 1. The van der Waals surface area contributed by atoms with Gasteiger partial charge in [-0.25, -0.2) is 9.97 Å². The lowest BCUT2D eigenvalue weighted by molar-refractivity contribution is -0.112. The van der Waals surface area contributed by atoms with E-state index >= 15 is 0 Å². The Balaban J connectivity index is 1.18. The van der Waals surface area contributed by atoms with Gasteiger partial charge < -0.3 is 20.4 Å². The van der Waals surface area contributed by atoms with E-state index in [1.807, 2.05) is 55.5 Å². The number of aryl methyl sites for hydroxylation is 1. The highest BCUT2D eigenvalue weighted by Crippen LogP contribution is 2.26. The van der Waals surface area contributed by atoms with Crippen LogP contribution < -0.4 is 10.6 Å². The van der Waals surface area contributed by atoms with Gasteiger partial charge in [-0.15, -0.1) is 0 Å². The van der Waals surface area contributed by atoms with Crippen LogP contribution >= 0.6 is 0 Å². The van der Waals surface area contributed by atoms with Gasteiger partial charge in [0, 0.05) is 80.2 Å². The predicted molar refractivity (Wildman–Crippen MR) is 152 cm³/mol. The van der Waals surface area contributed by atoms with Gasteiger partial charge in [0.1, 0.15) is 0 Å². The summed E-state index contributed by atoms with van der Waals surface area (Å²) in [6.45, 7) is 5.15. The van der Waals surface area contributed by atoms with Crippen LogP contribution in [-0.4, -0.2) is 57.3 Å². The second-order valence-corrected chi connectivity index (χ2v) is 9.73. The molecule has 0 spiro atoms. The molecule has 3 heterocycles. The van der Waals surface area contributed by atoms with Crippen molar-refractivity contribution in [2.75, 3.05) is 37.3 Å². The fourth-order valence-electron chi connectivity index (χ4n) is 4.46. The van der Waals surface area contributed by atoms with Crippen molar-refractivity contribution in [2.24, 2.45) is 5.92 Å². The fourth-order valence-corrected chi connectivity index (χ4v) is 4.46. The smallest absolute Gasteiger partial charge is 0.255 e. The molecule has 0 radical (unpaired) electrons. The number of hydrogen-bond acceptors (Lipinski definition) is 7. The molecule has 3 aromatic rings. The first-order chi connectivity index (χ1) is 18.5. The molecule has 0 bridgehead atoms. The maximum absolute atomic E-state index is 13.0. The second kappa shape index (κ2) is 11.7. The Bertz CT molecular complexity index is 1370. The number of allylic oxidation sites excluding steroid dienone is 2. The molecule has 1 amide bonds. The monoisotopic (exact) mass is 507 g/mol. The molecule has 5 rings (SSSR count). The van der Waals surface area contributed by atoms with Crippen LogP contribution in [0.25, 0.3) is 11.3 Å². The molecule has 8 heteroatoms. The number of pyridine rings is 1. The Labute approximate surface area is 223 Å². The molecule has 1 aliphatic heterocycles. The molecule has 1 unspecified atom stereocenters. The summed E-state index contributed by atoms with van der Waals surface area (Å²) in [4.78, 5) is 30.7. The van der Waals surface area contributed by atoms with Gasteiger partial charge in [0.2, 0.25) is 5.95 Å². The van der Waals surface area contributed by atoms with Crippen molar-refractivity contribution in [1.82, 2.24) is 24.8 Å². The molecule has 38 heavy (non-hydrogen) atoms. The second-order valence-electron chi connectivity index (χ2n) is 9.73. The molecule has 194 valence electrons. The summed E-state index contributed by atoms with van der Waals surface area (Å²) in [6, 6.07) is 11.5. The third-order valence-corrected chi connectivity index (χ3v) is 6.86. The van der Waals surface area contributed by atoms with E-state index in [4.69, 9.17) is 0 Å². The minimum Gasteiger partial charge on any atom is -0.377 e. The van der Waals surface area contributed by atoms with Gasteiger partial charge in [0.15, 0.2) is 0 Å². The number of amides is 1. The van der Waals surface area contributed by atoms with Crippen molar-refractivity contribution in [3.63, 3.8) is 0 Å². The van der Waals surface area contributed by atoms with Crippen LogP contribution in [0, 0.1) is 12.8 Å². The van der Waals surface area contributed by atoms with Crippen LogP contribution in [-0.2, 0) is 4.79 Å². The van der Waals surface area contributed by atoms with Crippen molar-refractivity contribution >= 4 is 23.2 Å². The molecule has 8 nitrogen and oxygen atoms in total. The van der Waals surface area contributed by atoms with Gasteiger partial charge in [-0.2, -0.15) is 0 Å². The zero-order chi connectivity index (χ0) is 26.3. The number of anilines is 3. The number of benzene rings is 1. The summed E-state index contributed by atoms with van der Waals surface area (Å²) in [5.41, 5.74) is 4.97. The average Bonchev–Trinajstić information content (AvgIpc) is 2.95. The number of nitrogens with one attached hydrogen (secondary N) is 2. The van der Waals surface area contributed by atoms with Gasteiger partial charge in [-0.3, -0.25) is 9.78 Å². The lowest BCUT2D eigenvalue weighted by Crippen LogP contribution is -2.33. The zero-order valence-electron chi connectivity index (χ0n) is 21.8. The highest BCUT2D eigenvalue weighted by Gasteiger charge is 2.16. The van der Waals surface area contributed by atoms with Crippen LogP contribution in [0.15, 0.2) is 91.2 Å². The van der Waals surface area contributed by atoms with Crippen LogP contribution in [0.1, 0.15) is 18.4 Å². The molecule has 0 saturated carbocycles. The average molecular weight is 508 g/mol. The Morgan fingerprint density at radius 1 is 1.13 bits per heavy atom. The van der Waals surface area contributed by atoms with Crippen molar-refractivity contribution in [1.29, 1.82) is 0 Å². The zero-order valence-corrected chi connectivity index (χ0v) is 21.8. The predicted octanol–water partition coefficient (Wildman–Crippen LogP) is 5.14. The van der Waals surface area contributed by atoms with Gasteiger partial charge in [-0.1, -0.05) is 24.3 Å². The SMILES string of the molecule is Cc1ccc(NC(=O)C2=CCC(CCN3C=CN(C)CC3)C=C2)cc1Nc1nccc(-c2cccnc2)n1. The Morgan fingerprint density at radius 2 is 2.05 bits per heavy atom. The summed E-state index contributed by atoms with van der Waals surface area (Å²) >= 11 is 0. The Hall–Kier alpha value is -4.46. The normalized spacial score (nSPS) is 16.8. The molecule has 2 aromatic heterocycles. The molecular weight excluding hydrogens is 474 g/mol. The van der Waals surface area contributed by atoms with Gasteiger partial charge in [-0.05, 0) is 61.6 Å². The van der Waals surface area contributed by atoms with Crippen molar-refractivity contribution in [2.45, 2.75) is 19.8 Å². The number of nitrogens with zero attached hydrogens (tertiary/aromatic N) is 5. The quantitative estimate of drug-likeness (QED) is 0.437. The third-order valence-electron chi connectivity index (χ3n) is 6.86. The number of rotatable bonds is 8. The van der Waals surface area contributed by atoms with Gasteiger partial charge in [0.05, 0.1) is 5.69 Å². The highest BCUT2D eigenvalue weighted by atomic mass is 16.1. The van der Waals surface area contributed by atoms with E-state index in [9.17, 15) is 4.79 Å². The van der Waals surface area contributed by atoms with Gasteiger partial charge in [0.25, 0.3) is 5.91 Å². The first kappa shape index (κ1) is 25.2. The Kier molecular flexibility index (Phi) is 7.78. The van der Waals surface area contributed by atoms with Crippen LogP contribution in [0.5, 0.6) is 0 Å². The van der Waals surface area contributed by atoms with E-state index in [1.165, 1.54) is 0 Å². The first-order valence-corrected chi connectivity index (χ1v) is 13.0. The largest absolute Gasteiger partial charge is 0.377 e. The van der Waals surface area contributed by atoms with E-state index in [0.717, 1.165) is 55.0 Å². The first-order valence-electron chi connectivity index (χ1n) is 13.0. The lowest BCUT2D eigenvalue weighted by atomic mass is 9.93. The van der Waals surface area contributed by atoms with Crippen LogP contribution in [0.4, 0.5) is 17.3 Å². The van der Waals surface area contributed by atoms with Crippen LogP contribution in [0.2, 0.25) is 0 Å². The summed E-state index contributed by atoms with van der Waals surface area (Å²) in [5, 5.41) is 6.33. The molecular formula is C30H33N7O. The molecule has 0 fully saturated rings. The van der Waals surface area contributed by atoms with Crippen molar-refractivity contribution in [3.05, 3.63) is 96.8 Å². The maximum Gasteiger partial charge on any atom is 0.255 e. The van der Waals surface area contributed by atoms with Gasteiger partial charge >= 0.3 is 0 Å². The standard InChI is InChI=1S/C30H33N7O/c1-22-5-10-26(20-28(22)35-30-32-14-11-27(34-30)25-4-3-13-31-21-25)33-29(38)24-8-6-23(7-9-24)12-15-37-18-16-36(2)17-19-37/h3-6,8-11,13-14,16,18,20-21,23H,7,12,15,17,19H2,1-2H3,(H,33,38)(H,32,34,35). The number of carbonyl (C=O) groups excluding carboxylic acids is 1. The maximum atomic E-state index is 13.0. The number of aromatic nitrogens is 3. The summed E-state index contributed by atoms with van der Waals surface area (Å²) < 4.78 is 0. The van der Waals surface area contributed by atoms with Crippen molar-refractivity contribution in [3.8, 4) is 11.3 Å². The van der Waals surface area contributed by atoms with E-state index in [1.54, 1.807) is 18.6 Å². The van der Waals surface area contributed by atoms with Crippen LogP contribution in [0.3, 0.4) is 0 Å². The van der Waals surface area contributed by atoms with E-state index < -0.39 is 0 Å². The van der Waals surface area contributed by atoms with E-state index in [0.29, 0.717) is 23.1 Å². The molecule has 2 N–H and O–H groups in total. The number of hydrogen-bond donors (Lipinski definition) is 2. The molecule has 0 saturated heterocycles. The number of likely N-dealkylation sites (N-methyl/N-ethyl adjacent to an activating group) is 1. The topological polar surface area (TPSA) is 86.3 Å². The summed E-state index contributed by atoms with van der Waals surface area (Å²) in [5.74, 6) is 0.831. The summed E-state index contributed by atoms with van der Waals surface area (Å²) in [7, 11) is 2.10. The van der Waals surface area contributed by atoms with Crippen molar-refractivity contribution < 1.29 is 4.79 Å².